The van der Waals surface area contributed by atoms with Crippen molar-refractivity contribution < 1.29 is 23.9 Å². The molecule has 8 nitrogen and oxygen atoms in total. The van der Waals surface area contributed by atoms with Gasteiger partial charge in [0.1, 0.15) is 12.1 Å². The quantitative estimate of drug-likeness (QED) is 0.522. The van der Waals surface area contributed by atoms with Gasteiger partial charge in [-0.15, -0.1) is 0 Å². The van der Waals surface area contributed by atoms with Crippen LogP contribution < -0.4 is 10.3 Å². The summed E-state index contributed by atoms with van der Waals surface area (Å²) in [4.78, 5) is 38.0. The first-order valence-corrected chi connectivity index (χ1v) is 11.2. The van der Waals surface area contributed by atoms with E-state index in [4.69, 9.17) is 9.47 Å². The fraction of sp³-hybridized carbons (Fsp3) is 0.480. The monoisotopic (exact) mass is 457 g/mol. The van der Waals surface area contributed by atoms with Crippen molar-refractivity contribution >= 4 is 17.8 Å². The van der Waals surface area contributed by atoms with E-state index in [1.165, 1.54) is 5.01 Å². The number of benzene rings is 1. The second-order valence-electron chi connectivity index (χ2n) is 8.73. The van der Waals surface area contributed by atoms with Gasteiger partial charge in [-0.2, -0.15) is 0 Å². The Bertz CT molecular complexity index is 891. The lowest BCUT2D eigenvalue weighted by Gasteiger charge is -2.28. The molecular formula is C25H35N3O5. The van der Waals surface area contributed by atoms with E-state index in [1.807, 2.05) is 30.3 Å². The number of carbonyl (C=O) groups excluding carboxylic acids is 3. The van der Waals surface area contributed by atoms with Crippen LogP contribution in [0.1, 0.15) is 52.5 Å². The maximum Gasteiger partial charge on any atom is 0.328 e. The highest BCUT2D eigenvalue weighted by Crippen LogP contribution is 2.21. The van der Waals surface area contributed by atoms with Gasteiger partial charge in [0.15, 0.2) is 0 Å². The number of ether oxygens (including phenoxy) is 2. The van der Waals surface area contributed by atoms with E-state index in [0.29, 0.717) is 19.6 Å². The first-order valence-electron chi connectivity index (χ1n) is 11.2. The van der Waals surface area contributed by atoms with E-state index in [2.05, 4.69) is 5.32 Å². The maximum atomic E-state index is 13.2. The van der Waals surface area contributed by atoms with Crippen LogP contribution in [0, 0.1) is 0 Å². The molecule has 1 aromatic heterocycles. The van der Waals surface area contributed by atoms with Crippen LogP contribution in [-0.4, -0.2) is 53.9 Å². The fourth-order valence-corrected chi connectivity index (χ4v) is 3.36. The van der Waals surface area contributed by atoms with Crippen molar-refractivity contribution in [2.24, 2.45) is 0 Å². The minimum atomic E-state index is -0.647. The van der Waals surface area contributed by atoms with Gasteiger partial charge >= 0.3 is 11.9 Å². The number of hydrogen-bond donors (Lipinski definition) is 1. The zero-order valence-corrected chi connectivity index (χ0v) is 20.1. The summed E-state index contributed by atoms with van der Waals surface area (Å²) >= 11 is 0. The smallest absolute Gasteiger partial charge is 0.328 e. The predicted octanol–water partition coefficient (Wildman–Crippen LogP) is 3.01. The largest absolute Gasteiger partial charge is 0.466 e. The van der Waals surface area contributed by atoms with Crippen molar-refractivity contribution in [1.29, 1.82) is 0 Å². The molecule has 2 aromatic rings. The zero-order chi connectivity index (χ0) is 24.4. The van der Waals surface area contributed by atoms with E-state index in [-0.39, 0.29) is 18.4 Å². The Morgan fingerprint density at radius 1 is 1.06 bits per heavy atom. The summed E-state index contributed by atoms with van der Waals surface area (Å²) in [5, 5.41) is 4.52. The average Bonchev–Trinajstić information content (AvgIpc) is 3.28. The first-order chi connectivity index (χ1) is 15.6. The molecule has 0 radical (unpaired) electrons. The van der Waals surface area contributed by atoms with Crippen LogP contribution in [0.15, 0.2) is 54.9 Å². The SMILES string of the molecule is CCOC(=O)C(CCN[C@@H](C)C(=O)N(CC(=O)OC(C)(C)C)n1cccc1)c1ccccc1. The summed E-state index contributed by atoms with van der Waals surface area (Å²) in [6.07, 6.45) is 3.86. The summed E-state index contributed by atoms with van der Waals surface area (Å²) in [5.41, 5.74) is 0.224. The van der Waals surface area contributed by atoms with Gasteiger partial charge in [0, 0.05) is 12.4 Å². The lowest BCUT2D eigenvalue weighted by molar-refractivity contribution is -0.154. The number of aromatic nitrogens is 1. The molecule has 1 heterocycles. The Balaban J connectivity index is 2.03. The number of amides is 1. The molecule has 0 fully saturated rings. The topological polar surface area (TPSA) is 89.9 Å². The van der Waals surface area contributed by atoms with Gasteiger partial charge in [0.25, 0.3) is 5.91 Å². The second kappa shape index (κ2) is 12.2. The standard InChI is InChI=1S/C25H35N3O5/c1-6-32-24(31)21(20-12-8-7-9-13-20)14-15-26-19(2)23(30)28(27-16-10-11-17-27)18-22(29)33-25(3,4)5/h7-13,16-17,19,21,26H,6,14-15,18H2,1-5H3/t19-,21?/m0/s1. The number of esters is 2. The highest BCUT2D eigenvalue weighted by molar-refractivity contribution is 5.94. The van der Waals surface area contributed by atoms with Gasteiger partial charge in [-0.25, -0.2) is 5.01 Å². The van der Waals surface area contributed by atoms with Crippen molar-refractivity contribution in [2.45, 2.75) is 58.6 Å². The molecule has 8 heteroatoms. The molecule has 0 aliphatic heterocycles. The molecule has 0 aliphatic rings. The third-order valence-electron chi connectivity index (χ3n) is 4.85. The van der Waals surface area contributed by atoms with Gasteiger partial charge in [0.05, 0.1) is 18.6 Å². The van der Waals surface area contributed by atoms with Crippen molar-refractivity contribution in [3.8, 4) is 0 Å². The molecule has 33 heavy (non-hydrogen) atoms. The average molecular weight is 458 g/mol. The Hall–Kier alpha value is -3.13. The van der Waals surface area contributed by atoms with E-state index >= 15 is 0 Å². The van der Waals surface area contributed by atoms with Crippen LogP contribution in [0.5, 0.6) is 0 Å². The van der Waals surface area contributed by atoms with Gasteiger partial charge in [-0.3, -0.25) is 19.1 Å². The summed E-state index contributed by atoms with van der Waals surface area (Å²) in [6, 6.07) is 12.4. The van der Waals surface area contributed by atoms with Crippen molar-refractivity contribution in [1.82, 2.24) is 9.99 Å². The number of nitrogens with zero attached hydrogens (tertiary/aromatic N) is 2. The summed E-state index contributed by atoms with van der Waals surface area (Å²) < 4.78 is 12.2. The molecule has 2 rings (SSSR count). The molecule has 0 saturated carbocycles. The molecule has 0 aliphatic carbocycles. The number of hydrogen-bond acceptors (Lipinski definition) is 6. The Labute approximate surface area is 195 Å². The minimum absolute atomic E-state index is 0.216. The Morgan fingerprint density at radius 2 is 1.70 bits per heavy atom. The first kappa shape index (κ1) is 26.1. The van der Waals surface area contributed by atoms with Crippen LogP contribution in [-0.2, 0) is 23.9 Å². The third-order valence-corrected chi connectivity index (χ3v) is 4.85. The highest BCUT2D eigenvalue weighted by Gasteiger charge is 2.27. The second-order valence-corrected chi connectivity index (χ2v) is 8.73. The number of carbonyl (C=O) groups is 3. The van der Waals surface area contributed by atoms with E-state index in [0.717, 1.165) is 5.56 Å². The third kappa shape index (κ3) is 8.38. The molecular weight excluding hydrogens is 422 g/mol. The van der Waals surface area contributed by atoms with Gasteiger partial charge in [0.2, 0.25) is 0 Å². The predicted molar refractivity (Wildman–Crippen MR) is 126 cm³/mol. The van der Waals surface area contributed by atoms with Crippen LogP contribution in [0.3, 0.4) is 0 Å². The van der Waals surface area contributed by atoms with E-state index < -0.39 is 23.5 Å². The Morgan fingerprint density at radius 3 is 2.27 bits per heavy atom. The van der Waals surface area contributed by atoms with E-state index in [9.17, 15) is 14.4 Å². The lowest BCUT2D eigenvalue weighted by Crippen LogP contribution is -2.52. The Kier molecular flexibility index (Phi) is 9.66. The summed E-state index contributed by atoms with van der Waals surface area (Å²) in [7, 11) is 0. The molecule has 0 saturated heterocycles. The normalized spacial score (nSPS) is 13.1. The lowest BCUT2D eigenvalue weighted by atomic mass is 9.95. The van der Waals surface area contributed by atoms with Crippen LogP contribution >= 0.6 is 0 Å². The minimum Gasteiger partial charge on any atom is -0.466 e. The van der Waals surface area contributed by atoms with Crippen LogP contribution in [0.4, 0.5) is 0 Å². The number of nitrogens with one attached hydrogen (secondary N) is 1. The summed E-state index contributed by atoms with van der Waals surface area (Å²) in [5.74, 6) is -1.50. The van der Waals surface area contributed by atoms with Crippen LogP contribution in [0.25, 0.3) is 0 Å². The molecule has 1 N–H and O–H groups in total. The molecule has 0 bridgehead atoms. The van der Waals surface area contributed by atoms with Gasteiger partial charge < -0.3 is 14.8 Å². The highest BCUT2D eigenvalue weighted by atomic mass is 16.6. The van der Waals surface area contributed by atoms with E-state index in [1.54, 1.807) is 63.8 Å². The summed E-state index contributed by atoms with van der Waals surface area (Å²) in [6.45, 7) is 9.36. The molecule has 1 unspecified atom stereocenters. The van der Waals surface area contributed by atoms with Crippen LogP contribution in [0.2, 0.25) is 0 Å². The molecule has 0 spiro atoms. The van der Waals surface area contributed by atoms with Crippen molar-refractivity contribution in [3.63, 3.8) is 0 Å². The molecule has 1 amide bonds. The van der Waals surface area contributed by atoms with Crippen molar-refractivity contribution in [3.05, 3.63) is 60.4 Å². The molecule has 1 aromatic carbocycles. The fourth-order valence-electron chi connectivity index (χ4n) is 3.36. The van der Waals surface area contributed by atoms with Gasteiger partial charge in [-0.1, -0.05) is 30.3 Å². The maximum absolute atomic E-state index is 13.2. The van der Waals surface area contributed by atoms with Gasteiger partial charge in [-0.05, 0) is 65.3 Å². The zero-order valence-electron chi connectivity index (χ0n) is 20.1. The number of rotatable bonds is 11. The van der Waals surface area contributed by atoms with Crippen molar-refractivity contribution in [2.75, 3.05) is 24.7 Å². The molecule has 2 atom stereocenters. The molecule has 180 valence electrons.